The predicted octanol–water partition coefficient (Wildman–Crippen LogP) is 2.97. The number of carbonyl (C=O) groups excluding carboxylic acids is 1. The Bertz CT molecular complexity index is 220. The Labute approximate surface area is 119 Å². The first kappa shape index (κ1) is 20.0. The minimum absolute atomic E-state index is 0. The van der Waals surface area contributed by atoms with Gasteiger partial charge in [0.25, 0.3) is 0 Å². The molecule has 0 bridgehead atoms. The summed E-state index contributed by atoms with van der Waals surface area (Å²) < 4.78 is 0. The van der Waals surface area contributed by atoms with E-state index in [-0.39, 0.29) is 24.4 Å². The SMILES string of the molecule is CC(C)CC(C)CC(=O)NC(CN)CC(C)C.Cl. The minimum Gasteiger partial charge on any atom is -0.352 e. The van der Waals surface area contributed by atoms with Crippen LogP contribution in [0.5, 0.6) is 0 Å². The highest BCUT2D eigenvalue weighted by Gasteiger charge is 2.15. The predicted molar refractivity (Wildman–Crippen MR) is 80.9 cm³/mol. The molecule has 18 heavy (non-hydrogen) atoms. The molecular weight excluding hydrogens is 248 g/mol. The van der Waals surface area contributed by atoms with Gasteiger partial charge in [0.15, 0.2) is 0 Å². The largest absolute Gasteiger partial charge is 0.352 e. The Morgan fingerprint density at radius 1 is 1.06 bits per heavy atom. The Morgan fingerprint density at radius 3 is 1.94 bits per heavy atom. The summed E-state index contributed by atoms with van der Waals surface area (Å²) in [5.41, 5.74) is 5.67. The highest BCUT2D eigenvalue weighted by molar-refractivity contribution is 5.85. The molecule has 3 nitrogen and oxygen atoms in total. The van der Waals surface area contributed by atoms with Crippen molar-refractivity contribution in [2.24, 2.45) is 23.5 Å². The monoisotopic (exact) mass is 278 g/mol. The number of halogens is 1. The van der Waals surface area contributed by atoms with Gasteiger partial charge in [0.1, 0.15) is 0 Å². The van der Waals surface area contributed by atoms with E-state index in [1.54, 1.807) is 0 Å². The minimum atomic E-state index is 0. The maximum atomic E-state index is 11.8. The molecule has 0 rings (SSSR count). The number of nitrogens with two attached hydrogens (primary N) is 1. The van der Waals surface area contributed by atoms with Crippen LogP contribution >= 0.6 is 12.4 Å². The van der Waals surface area contributed by atoms with Crippen LogP contribution in [0.2, 0.25) is 0 Å². The van der Waals surface area contributed by atoms with E-state index in [4.69, 9.17) is 5.73 Å². The zero-order valence-electron chi connectivity index (χ0n) is 12.5. The van der Waals surface area contributed by atoms with Crippen LogP contribution < -0.4 is 11.1 Å². The van der Waals surface area contributed by atoms with Crippen molar-refractivity contribution in [3.8, 4) is 0 Å². The van der Waals surface area contributed by atoms with E-state index in [2.05, 4.69) is 39.9 Å². The van der Waals surface area contributed by atoms with Crippen molar-refractivity contribution in [1.82, 2.24) is 5.32 Å². The first-order valence-corrected chi connectivity index (χ1v) is 6.84. The van der Waals surface area contributed by atoms with Crippen molar-refractivity contribution in [2.45, 2.75) is 59.9 Å². The number of rotatable bonds is 8. The van der Waals surface area contributed by atoms with Crippen molar-refractivity contribution in [3.05, 3.63) is 0 Å². The quantitative estimate of drug-likeness (QED) is 0.717. The number of hydrogen-bond acceptors (Lipinski definition) is 2. The molecule has 0 spiro atoms. The van der Waals surface area contributed by atoms with Crippen LogP contribution in [-0.4, -0.2) is 18.5 Å². The van der Waals surface area contributed by atoms with Crippen molar-refractivity contribution >= 4 is 18.3 Å². The molecular formula is C14H31ClN2O. The van der Waals surface area contributed by atoms with Crippen LogP contribution in [0.4, 0.5) is 0 Å². The zero-order chi connectivity index (χ0) is 13.4. The van der Waals surface area contributed by atoms with Crippen molar-refractivity contribution in [2.75, 3.05) is 6.54 Å². The van der Waals surface area contributed by atoms with Gasteiger partial charge in [-0.05, 0) is 30.6 Å². The fourth-order valence-corrected chi connectivity index (χ4v) is 2.27. The topological polar surface area (TPSA) is 55.1 Å². The first-order valence-electron chi connectivity index (χ1n) is 6.84. The Kier molecular flexibility index (Phi) is 11.8. The second kappa shape index (κ2) is 10.6. The van der Waals surface area contributed by atoms with E-state index in [0.29, 0.717) is 30.7 Å². The smallest absolute Gasteiger partial charge is 0.220 e. The standard InChI is InChI=1S/C14H30N2O.ClH/c1-10(2)6-12(5)8-14(17)16-13(9-15)7-11(3)4;/h10-13H,6-9,15H2,1-5H3,(H,16,17);1H. The van der Waals surface area contributed by atoms with Crippen LogP contribution in [0, 0.1) is 17.8 Å². The van der Waals surface area contributed by atoms with E-state index in [1.165, 1.54) is 0 Å². The van der Waals surface area contributed by atoms with E-state index in [1.807, 2.05) is 0 Å². The highest BCUT2D eigenvalue weighted by Crippen LogP contribution is 2.14. The van der Waals surface area contributed by atoms with Crippen molar-refractivity contribution in [1.29, 1.82) is 0 Å². The number of nitrogens with one attached hydrogen (secondary N) is 1. The van der Waals surface area contributed by atoms with Gasteiger partial charge in [-0.15, -0.1) is 12.4 Å². The van der Waals surface area contributed by atoms with Crippen molar-refractivity contribution < 1.29 is 4.79 Å². The van der Waals surface area contributed by atoms with Gasteiger partial charge in [0.05, 0.1) is 0 Å². The lowest BCUT2D eigenvalue weighted by molar-refractivity contribution is -0.122. The van der Waals surface area contributed by atoms with Gasteiger partial charge in [-0.2, -0.15) is 0 Å². The summed E-state index contributed by atoms with van der Waals surface area (Å²) in [4.78, 5) is 11.8. The summed E-state index contributed by atoms with van der Waals surface area (Å²) in [5, 5.41) is 3.04. The molecule has 2 atom stereocenters. The first-order chi connectivity index (χ1) is 7.85. The molecule has 2 unspecified atom stereocenters. The van der Waals surface area contributed by atoms with E-state index in [9.17, 15) is 4.79 Å². The summed E-state index contributed by atoms with van der Waals surface area (Å²) in [6, 6.07) is 0.133. The maximum Gasteiger partial charge on any atom is 0.220 e. The van der Waals surface area contributed by atoms with Gasteiger partial charge in [0, 0.05) is 19.0 Å². The number of amides is 1. The molecule has 0 heterocycles. The van der Waals surface area contributed by atoms with Crippen LogP contribution in [0.25, 0.3) is 0 Å². The van der Waals surface area contributed by atoms with Gasteiger partial charge in [0.2, 0.25) is 5.91 Å². The lowest BCUT2D eigenvalue weighted by Crippen LogP contribution is -2.41. The molecule has 0 radical (unpaired) electrons. The van der Waals surface area contributed by atoms with Gasteiger partial charge >= 0.3 is 0 Å². The lowest BCUT2D eigenvalue weighted by atomic mass is 9.95. The van der Waals surface area contributed by atoms with Gasteiger partial charge < -0.3 is 11.1 Å². The second-order valence-electron chi connectivity index (χ2n) is 6.07. The molecule has 0 fully saturated rings. The molecule has 0 saturated heterocycles. The molecule has 4 heteroatoms. The fourth-order valence-electron chi connectivity index (χ4n) is 2.27. The Balaban J connectivity index is 0. The fraction of sp³-hybridized carbons (Fsp3) is 0.929. The van der Waals surface area contributed by atoms with Gasteiger partial charge in [-0.25, -0.2) is 0 Å². The average molecular weight is 279 g/mol. The summed E-state index contributed by atoms with van der Waals surface area (Å²) >= 11 is 0. The Morgan fingerprint density at radius 2 is 1.56 bits per heavy atom. The molecule has 110 valence electrons. The molecule has 0 aliphatic heterocycles. The van der Waals surface area contributed by atoms with E-state index in [0.717, 1.165) is 12.8 Å². The maximum absolute atomic E-state index is 11.8. The van der Waals surface area contributed by atoms with Crippen LogP contribution in [0.15, 0.2) is 0 Å². The number of hydrogen-bond donors (Lipinski definition) is 2. The second-order valence-corrected chi connectivity index (χ2v) is 6.07. The van der Waals surface area contributed by atoms with E-state index < -0.39 is 0 Å². The molecule has 0 aromatic carbocycles. The van der Waals surface area contributed by atoms with Crippen LogP contribution in [-0.2, 0) is 4.79 Å². The molecule has 0 aromatic heterocycles. The highest BCUT2D eigenvalue weighted by atomic mass is 35.5. The summed E-state index contributed by atoms with van der Waals surface area (Å²) in [6.07, 6.45) is 2.68. The zero-order valence-corrected chi connectivity index (χ0v) is 13.3. The molecule has 0 saturated carbocycles. The third kappa shape index (κ3) is 10.8. The van der Waals surface area contributed by atoms with E-state index >= 15 is 0 Å². The normalized spacial score (nSPS) is 14.2. The third-order valence-corrected chi connectivity index (χ3v) is 2.81. The third-order valence-electron chi connectivity index (χ3n) is 2.81. The molecule has 0 aliphatic carbocycles. The summed E-state index contributed by atoms with van der Waals surface area (Å²) in [5.74, 6) is 1.82. The van der Waals surface area contributed by atoms with Gasteiger partial charge in [-0.1, -0.05) is 34.6 Å². The summed E-state index contributed by atoms with van der Waals surface area (Å²) in [6.45, 7) is 11.3. The lowest BCUT2D eigenvalue weighted by Gasteiger charge is -2.20. The average Bonchev–Trinajstić information content (AvgIpc) is 2.13. The molecule has 3 N–H and O–H groups in total. The summed E-state index contributed by atoms with van der Waals surface area (Å²) in [7, 11) is 0. The Hall–Kier alpha value is -0.280. The molecule has 0 aromatic rings. The van der Waals surface area contributed by atoms with Crippen molar-refractivity contribution in [3.63, 3.8) is 0 Å². The molecule has 1 amide bonds. The van der Waals surface area contributed by atoms with Crippen LogP contribution in [0.1, 0.15) is 53.9 Å². The van der Waals surface area contributed by atoms with Crippen LogP contribution in [0.3, 0.4) is 0 Å². The number of carbonyl (C=O) groups is 1. The van der Waals surface area contributed by atoms with Gasteiger partial charge in [-0.3, -0.25) is 4.79 Å². The molecule has 0 aliphatic rings.